The molecule has 0 saturated carbocycles. The lowest BCUT2D eigenvalue weighted by atomic mass is 10.2. The molecule has 2 aromatic rings. The molecule has 0 radical (unpaired) electrons. The Kier molecular flexibility index (Phi) is 4.46. The number of nitrogens with zero attached hydrogens (tertiary/aromatic N) is 2. The quantitative estimate of drug-likeness (QED) is 0.873. The van der Waals surface area contributed by atoms with Gasteiger partial charge in [-0.2, -0.15) is 18.2 Å². The van der Waals surface area contributed by atoms with E-state index < -0.39 is 24.3 Å². The normalized spacial score (nSPS) is 12.5. The fraction of sp³-hybridized carbons (Fsp3) is 0.231. The second kappa shape index (κ2) is 6.13. The van der Waals surface area contributed by atoms with Crippen molar-refractivity contribution in [2.45, 2.75) is 6.18 Å². The topological polar surface area (TPSA) is 43.6 Å². The first-order chi connectivity index (χ1) is 9.86. The molecule has 1 aromatic heterocycles. The highest BCUT2D eigenvalue weighted by Gasteiger charge is 2.30. The molecule has 4 nitrogen and oxygen atoms in total. The van der Waals surface area contributed by atoms with Crippen molar-refractivity contribution in [1.82, 2.24) is 4.57 Å². The molecular formula is C13H11F3N2O2S. The molecule has 1 heterocycles. The number of carbonyl (C=O) groups excluding carboxylic acids is 1. The maximum atomic E-state index is 12.5. The molecular weight excluding hydrogens is 305 g/mol. The van der Waals surface area contributed by atoms with Crippen LogP contribution in [0.15, 0.2) is 40.8 Å². The second-order valence-electron chi connectivity index (χ2n) is 4.12. The molecule has 0 fully saturated rings. The van der Waals surface area contributed by atoms with Crippen LogP contribution in [-0.4, -0.2) is 17.1 Å². The average Bonchev–Trinajstić information content (AvgIpc) is 2.81. The molecule has 1 aromatic carbocycles. The molecule has 0 N–H and O–H groups in total. The van der Waals surface area contributed by atoms with E-state index in [1.54, 1.807) is 23.2 Å². The van der Waals surface area contributed by atoms with Crippen LogP contribution < -0.4 is 9.54 Å². The molecule has 1 amide bonds. The fourth-order valence-corrected chi connectivity index (χ4v) is 2.23. The van der Waals surface area contributed by atoms with Gasteiger partial charge in [0.15, 0.2) is 11.4 Å². The molecule has 0 bridgehead atoms. The molecule has 0 atom stereocenters. The van der Waals surface area contributed by atoms with Crippen LogP contribution in [0.25, 0.3) is 0 Å². The first-order valence-corrected chi connectivity index (χ1v) is 6.72. The maximum Gasteiger partial charge on any atom is 0.416 e. The molecule has 0 unspecified atom stereocenters. The first kappa shape index (κ1) is 15.3. The first-order valence-electron chi connectivity index (χ1n) is 5.84. The number of hydrogen-bond donors (Lipinski definition) is 0. The van der Waals surface area contributed by atoms with Crippen LogP contribution in [0.5, 0.6) is 5.75 Å². The number of alkyl halides is 3. The Balaban J connectivity index is 2.04. The summed E-state index contributed by atoms with van der Waals surface area (Å²) in [5.41, 5.74) is -0.825. The number of aryl methyl sites for hydroxylation is 1. The van der Waals surface area contributed by atoms with Gasteiger partial charge < -0.3 is 9.30 Å². The van der Waals surface area contributed by atoms with Crippen molar-refractivity contribution >= 4 is 17.2 Å². The summed E-state index contributed by atoms with van der Waals surface area (Å²) in [4.78, 5) is 15.9. The van der Waals surface area contributed by atoms with Crippen LogP contribution in [0.4, 0.5) is 13.2 Å². The van der Waals surface area contributed by atoms with Crippen molar-refractivity contribution in [3.63, 3.8) is 0 Å². The predicted octanol–water partition coefficient (Wildman–Crippen LogP) is 2.61. The summed E-state index contributed by atoms with van der Waals surface area (Å²) in [6.45, 7) is -0.417. The number of benzene rings is 1. The smallest absolute Gasteiger partial charge is 0.416 e. The van der Waals surface area contributed by atoms with Gasteiger partial charge in [0, 0.05) is 18.6 Å². The van der Waals surface area contributed by atoms with Crippen LogP contribution in [-0.2, 0) is 18.0 Å². The number of carbonyl (C=O) groups is 1. The van der Waals surface area contributed by atoms with E-state index in [0.717, 1.165) is 12.1 Å². The van der Waals surface area contributed by atoms with Crippen molar-refractivity contribution in [2.24, 2.45) is 12.0 Å². The van der Waals surface area contributed by atoms with Crippen molar-refractivity contribution < 1.29 is 22.7 Å². The van der Waals surface area contributed by atoms with E-state index in [9.17, 15) is 18.0 Å². The molecule has 2 rings (SSSR count). The van der Waals surface area contributed by atoms with Gasteiger partial charge in [0.25, 0.3) is 5.91 Å². The average molecular weight is 316 g/mol. The number of aromatic nitrogens is 1. The summed E-state index contributed by atoms with van der Waals surface area (Å²) in [6.07, 6.45) is -2.71. The third kappa shape index (κ3) is 4.19. The van der Waals surface area contributed by atoms with E-state index >= 15 is 0 Å². The lowest BCUT2D eigenvalue weighted by Gasteiger charge is -2.08. The zero-order valence-corrected chi connectivity index (χ0v) is 11.7. The molecule has 0 aliphatic carbocycles. The van der Waals surface area contributed by atoms with Gasteiger partial charge >= 0.3 is 6.18 Å². The molecule has 112 valence electrons. The molecule has 0 saturated heterocycles. The SMILES string of the molecule is Cn1ccsc1=NC(=O)COc1cccc(C(F)(F)F)c1. The standard InChI is InChI=1S/C13H11F3N2O2S/c1-18-5-6-21-12(18)17-11(19)8-20-10-4-2-3-9(7-10)13(14,15)16/h2-7H,8H2,1H3. The Bertz CT molecular complexity index is 704. The Morgan fingerprint density at radius 3 is 2.81 bits per heavy atom. The Morgan fingerprint density at radius 1 is 1.43 bits per heavy atom. The Hall–Kier alpha value is -2.09. The highest BCUT2D eigenvalue weighted by atomic mass is 32.1. The van der Waals surface area contributed by atoms with Gasteiger partial charge in [0.05, 0.1) is 5.56 Å². The zero-order chi connectivity index (χ0) is 15.5. The zero-order valence-electron chi connectivity index (χ0n) is 10.9. The van der Waals surface area contributed by atoms with E-state index in [-0.39, 0.29) is 5.75 Å². The number of thiazole rings is 1. The van der Waals surface area contributed by atoms with Crippen molar-refractivity contribution in [3.8, 4) is 5.75 Å². The van der Waals surface area contributed by atoms with Gasteiger partial charge in [-0.15, -0.1) is 11.3 Å². The molecule has 0 spiro atoms. The van der Waals surface area contributed by atoms with Crippen LogP contribution >= 0.6 is 11.3 Å². The monoisotopic (exact) mass is 316 g/mol. The maximum absolute atomic E-state index is 12.5. The highest BCUT2D eigenvalue weighted by Crippen LogP contribution is 2.31. The Labute approximate surface area is 122 Å². The number of rotatable bonds is 3. The molecule has 8 heteroatoms. The van der Waals surface area contributed by atoms with Crippen LogP contribution in [0, 0.1) is 0 Å². The summed E-state index contributed by atoms with van der Waals surface area (Å²) in [6, 6.07) is 4.36. The molecule has 21 heavy (non-hydrogen) atoms. The second-order valence-corrected chi connectivity index (χ2v) is 4.99. The van der Waals surface area contributed by atoms with E-state index in [0.29, 0.717) is 4.80 Å². The molecule has 0 aliphatic heterocycles. The third-order valence-electron chi connectivity index (χ3n) is 2.50. The third-order valence-corrected chi connectivity index (χ3v) is 3.35. The molecule has 0 aliphatic rings. The van der Waals surface area contributed by atoms with Gasteiger partial charge in [-0.1, -0.05) is 6.07 Å². The van der Waals surface area contributed by atoms with Gasteiger partial charge in [0.2, 0.25) is 0 Å². The Morgan fingerprint density at radius 2 is 2.19 bits per heavy atom. The summed E-state index contributed by atoms with van der Waals surface area (Å²) < 4.78 is 44.3. The van der Waals surface area contributed by atoms with Crippen LogP contribution in [0.2, 0.25) is 0 Å². The van der Waals surface area contributed by atoms with Crippen molar-refractivity contribution in [1.29, 1.82) is 0 Å². The fourth-order valence-electron chi connectivity index (χ4n) is 1.48. The van der Waals surface area contributed by atoms with E-state index in [4.69, 9.17) is 4.74 Å². The summed E-state index contributed by atoms with van der Waals surface area (Å²) >= 11 is 1.28. The largest absolute Gasteiger partial charge is 0.484 e. The van der Waals surface area contributed by atoms with E-state index in [1.165, 1.54) is 23.5 Å². The lowest BCUT2D eigenvalue weighted by molar-refractivity contribution is -0.137. The van der Waals surface area contributed by atoms with Gasteiger partial charge in [-0.25, -0.2) is 0 Å². The summed E-state index contributed by atoms with van der Waals surface area (Å²) in [5.74, 6) is -0.589. The minimum absolute atomic E-state index is 0.0241. The number of hydrogen-bond acceptors (Lipinski definition) is 3. The van der Waals surface area contributed by atoms with Gasteiger partial charge in [-0.3, -0.25) is 4.79 Å². The van der Waals surface area contributed by atoms with E-state index in [2.05, 4.69) is 4.99 Å². The van der Waals surface area contributed by atoms with Gasteiger partial charge in [-0.05, 0) is 18.2 Å². The lowest BCUT2D eigenvalue weighted by Crippen LogP contribution is -2.17. The number of ether oxygens (including phenoxy) is 1. The van der Waals surface area contributed by atoms with Crippen molar-refractivity contribution in [2.75, 3.05) is 6.61 Å². The van der Waals surface area contributed by atoms with Crippen molar-refractivity contribution in [3.05, 3.63) is 46.2 Å². The minimum atomic E-state index is -4.45. The van der Waals surface area contributed by atoms with Gasteiger partial charge in [0.1, 0.15) is 5.75 Å². The minimum Gasteiger partial charge on any atom is -0.484 e. The van der Waals surface area contributed by atoms with Crippen LogP contribution in [0.3, 0.4) is 0 Å². The van der Waals surface area contributed by atoms with Crippen LogP contribution in [0.1, 0.15) is 5.56 Å². The summed E-state index contributed by atoms with van der Waals surface area (Å²) in [7, 11) is 1.73. The predicted molar refractivity (Wildman–Crippen MR) is 70.8 cm³/mol. The number of halogens is 3. The number of amides is 1. The highest BCUT2D eigenvalue weighted by molar-refractivity contribution is 7.07. The summed E-state index contributed by atoms with van der Waals surface area (Å²) in [5, 5.41) is 1.76. The van der Waals surface area contributed by atoms with E-state index in [1.807, 2.05) is 0 Å².